The molecule has 2 amide bonds. The Hall–Kier alpha value is -3.12. The smallest absolute Gasteiger partial charge is 0.272 e. The standard InChI is InChI=1S/C17H12ClN3O3/c18-13-7-3-2-6-11(13)16(23)20-21-17-12(15(19)22)9-10-5-1-4-8-14(10)24-17/h1-9H,(H2,19,22)(H,20,23)/b21-17-. The van der Waals surface area contributed by atoms with Gasteiger partial charge in [-0.3, -0.25) is 9.59 Å². The van der Waals surface area contributed by atoms with Crippen LogP contribution >= 0.6 is 11.6 Å². The average molecular weight is 342 g/mol. The van der Waals surface area contributed by atoms with Crippen LogP contribution in [0.1, 0.15) is 20.7 Å². The molecule has 3 aromatic rings. The first-order chi connectivity index (χ1) is 11.6. The highest BCUT2D eigenvalue weighted by atomic mass is 35.5. The Bertz CT molecular complexity index is 1010. The monoisotopic (exact) mass is 341 g/mol. The van der Waals surface area contributed by atoms with Crippen molar-refractivity contribution in [2.75, 3.05) is 0 Å². The Kier molecular flexibility index (Phi) is 4.31. The molecule has 1 heterocycles. The Morgan fingerprint density at radius 2 is 1.75 bits per heavy atom. The van der Waals surface area contributed by atoms with Crippen LogP contribution in [0.2, 0.25) is 5.02 Å². The van der Waals surface area contributed by atoms with Gasteiger partial charge in [-0.05, 0) is 24.3 Å². The van der Waals surface area contributed by atoms with Gasteiger partial charge in [0.2, 0.25) is 5.55 Å². The molecule has 0 aliphatic carbocycles. The van der Waals surface area contributed by atoms with Crippen molar-refractivity contribution in [3.05, 3.63) is 76.3 Å². The molecule has 7 heteroatoms. The summed E-state index contributed by atoms with van der Waals surface area (Å²) in [5.74, 6) is -1.24. The van der Waals surface area contributed by atoms with Crippen molar-refractivity contribution in [3.8, 4) is 0 Å². The van der Waals surface area contributed by atoms with E-state index in [-0.39, 0.29) is 21.7 Å². The quantitative estimate of drug-likeness (QED) is 0.716. The predicted molar refractivity (Wildman–Crippen MR) is 89.2 cm³/mol. The molecule has 0 bridgehead atoms. The zero-order valence-electron chi connectivity index (χ0n) is 12.3. The average Bonchev–Trinajstić information content (AvgIpc) is 2.59. The molecule has 3 rings (SSSR count). The van der Waals surface area contributed by atoms with Crippen LogP contribution in [-0.2, 0) is 0 Å². The van der Waals surface area contributed by atoms with E-state index in [0.717, 1.165) is 0 Å². The van der Waals surface area contributed by atoms with Gasteiger partial charge in [0.25, 0.3) is 11.8 Å². The van der Waals surface area contributed by atoms with Crippen molar-refractivity contribution in [2.45, 2.75) is 0 Å². The normalized spacial score (nSPS) is 11.5. The van der Waals surface area contributed by atoms with Crippen molar-refractivity contribution < 1.29 is 14.0 Å². The summed E-state index contributed by atoms with van der Waals surface area (Å²) in [6.45, 7) is 0. The maximum atomic E-state index is 12.1. The lowest BCUT2D eigenvalue weighted by Crippen LogP contribution is -2.27. The summed E-state index contributed by atoms with van der Waals surface area (Å²) >= 11 is 5.96. The molecule has 24 heavy (non-hydrogen) atoms. The van der Waals surface area contributed by atoms with E-state index in [1.165, 1.54) is 0 Å². The Morgan fingerprint density at radius 3 is 2.50 bits per heavy atom. The summed E-state index contributed by atoms with van der Waals surface area (Å²) in [6.07, 6.45) is 0. The largest absolute Gasteiger partial charge is 0.436 e. The zero-order chi connectivity index (χ0) is 17.1. The lowest BCUT2D eigenvalue weighted by molar-refractivity contribution is 0.0946. The number of halogens is 1. The molecule has 0 radical (unpaired) electrons. The lowest BCUT2D eigenvalue weighted by Gasteiger charge is -2.03. The van der Waals surface area contributed by atoms with Crippen LogP contribution in [0.4, 0.5) is 0 Å². The molecule has 0 unspecified atom stereocenters. The van der Waals surface area contributed by atoms with Crippen LogP contribution in [0.15, 0.2) is 64.1 Å². The third-order valence-electron chi connectivity index (χ3n) is 3.30. The molecule has 0 saturated carbocycles. The Labute approximate surface area is 141 Å². The second-order valence-electron chi connectivity index (χ2n) is 4.90. The molecule has 6 nitrogen and oxygen atoms in total. The highest BCUT2D eigenvalue weighted by molar-refractivity contribution is 6.33. The number of fused-ring (bicyclic) bond motifs is 1. The summed E-state index contributed by atoms with van der Waals surface area (Å²) in [6, 6.07) is 15.2. The van der Waals surface area contributed by atoms with E-state index in [1.54, 1.807) is 54.6 Å². The van der Waals surface area contributed by atoms with Gasteiger partial charge >= 0.3 is 0 Å². The molecule has 0 atom stereocenters. The van der Waals surface area contributed by atoms with Gasteiger partial charge in [0.05, 0.1) is 10.6 Å². The van der Waals surface area contributed by atoms with Crippen molar-refractivity contribution in [1.82, 2.24) is 5.43 Å². The van der Waals surface area contributed by atoms with Crippen LogP contribution in [0.5, 0.6) is 0 Å². The summed E-state index contributed by atoms with van der Waals surface area (Å²) in [5, 5.41) is 4.85. The molecule has 120 valence electrons. The van der Waals surface area contributed by atoms with E-state index in [9.17, 15) is 9.59 Å². The van der Waals surface area contributed by atoms with Crippen molar-refractivity contribution in [2.24, 2.45) is 10.8 Å². The number of primary amides is 1. The number of nitrogens with zero attached hydrogens (tertiary/aromatic N) is 1. The first kappa shape index (κ1) is 15.8. The fraction of sp³-hybridized carbons (Fsp3) is 0. The molecule has 0 spiro atoms. The van der Waals surface area contributed by atoms with Gasteiger partial charge in [0, 0.05) is 5.39 Å². The minimum atomic E-state index is -0.713. The number of hydrogen-bond donors (Lipinski definition) is 2. The van der Waals surface area contributed by atoms with Gasteiger partial charge in [0.15, 0.2) is 0 Å². The predicted octanol–water partition coefficient (Wildman–Crippen LogP) is 2.43. The first-order valence-electron chi connectivity index (χ1n) is 6.97. The lowest BCUT2D eigenvalue weighted by atomic mass is 10.2. The number of amides is 2. The second kappa shape index (κ2) is 6.55. The summed E-state index contributed by atoms with van der Waals surface area (Å²) < 4.78 is 5.56. The topological polar surface area (TPSA) is 97.7 Å². The molecule has 0 saturated heterocycles. The van der Waals surface area contributed by atoms with Crippen LogP contribution < -0.4 is 16.7 Å². The molecule has 3 N–H and O–H groups in total. The number of nitrogens with one attached hydrogen (secondary N) is 1. The Morgan fingerprint density at radius 1 is 1.04 bits per heavy atom. The van der Waals surface area contributed by atoms with E-state index >= 15 is 0 Å². The highest BCUT2D eigenvalue weighted by Crippen LogP contribution is 2.15. The number of nitrogens with two attached hydrogens (primary N) is 1. The van der Waals surface area contributed by atoms with Crippen LogP contribution in [0.25, 0.3) is 11.0 Å². The maximum Gasteiger partial charge on any atom is 0.272 e. The van der Waals surface area contributed by atoms with Crippen molar-refractivity contribution in [1.29, 1.82) is 0 Å². The molecule has 0 aliphatic rings. The van der Waals surface area contributed by atoms with Gasteiger partial charge in [0.1, 0.15) is 11.1 Å². The summed E-state index contributed by atoms with van der Waals surface area (Å²) in [5.41, 5.74) is 8.41. The number of benzene rings is 2. The number of para-hydroxylation sites is 1. The maximum absolute atomic E-state index is 12.1. The van der Waals surface area contributed by atoms with Gasteiger partial charge < -0.3 is 10.2 Å². The van der Waals surface area contributed by atoms with E-state index < -0.39 is 11.8 Å². The molecule has 0 aliphatic heterocycles. The molecular formula is C17H12ClN3O3. The molecular weight excluding hydrogens is 330 g/mol. The van der Waals surface area contributed by atoms with Gasteiger partial charge in [-0.25, -0.2) is 5.43 Å². The number of rotatable bonds is 3. The van der Waals surface area contributed by atoms with E-state index in [1.807, 2.05) is 0 Å². The highest BCUT2D eigenvalue weighted by Gasteiger charge is 2.11. The SMILES string of the molecule is NC(=O)c1cc2ccccc2o/c1=N\NC(=O)c1ccccc1Cl. The van der Waals surface area contributed by atoms with Gasteiger partial charge in [-0.1, -0.05) is 41.9 Å². The fourth-order valence-electron chi connectivity index (χ4n) is 2.14. The summed E-state index contributed by atoms with van der Waals surface area (Å²) in [4.78, 5) is 23.7. The van der Waals surface area contributed by atoms with Crippen LogP contribution in [0, 0.1) is 0 Å². The van der Waals surface area contributed by atoms with Crippen LogP contribution in [-0.4, -0.2) is 11.8 Å². The number of hydrogen-bond acceptors (Lipinski definition) is 4. The number of carbonyl (C=O) groups excluding carboxylic acids is 2. The van der Waals surface area contributed by atoms with Crippen molar-refractivity contribution in [3.63, 3.8) is 0 Å². The van der Waals surface area contributed by atoms with Gasteiger partial charge in [-0.2, -0.15) is 0 Å². The first-order valence-corrected chi connectivity index (χ1v) is 7.35. The molecule has 2 aromatic carbocycles. The zero-order valence-corrected chi connectivity index (χ0v) is 13.1. The van der Waals surface area contributed by atoms with Crippen LogP contribution in [0.3, 0.4) is 0 Å². The van der Waals surface area contributed by atoms with Gasteiger partial charge in [-0.15, -0.1) is 5.10 Å². The van der Waals surface area contributed by atoms with E-state index in [0.29, 0.717) is 11.0 Å². The Balaban J connectivity index is 2.03. The molecule has 0 fully saturated rings. The van der Waals surface area contributed by atoms with E-state index in [2.05, 4.69) is 10.5 Å². The minimum Gasteiger partial charge on any atom is -0.436 e. The van der Waals surface area contributed by atoms with Crippen molar-refractivity contribution >= 4 is 34.4 Å². The minimum absolute atomic E-state index is 0.0631. The third-order valence-corrected chi connectivity index (χ3v) is 3.63. The fourth-order valence-corrected chi connectivity index (χ4v) is 2.36. The number of carbonyl (C=O) groups is 2. The van der Waals surface area contributed by atoms with E-state index in [4.69, 9.17) is 21.8 Å². The summed E-state index contributed by atoms with van der Waals surface area (Å²) in [7, 11) is 0. The second-order valence-corrected chi connectivity index (χ2v) is 5.31. The molecule has 1 aromatic heterocycles. The third kappa shape index (κ3) is 3.13.